The second kappa shape index (κ2) is 13.4. The third-order valence-corrected chi connectivity index (χ3v) is 7.04. The molecule has 0 fully saturated rings. The summed E-state index contributed by atoms with van der Waals surface area (Å²) < 4.78 is 27.6. The molecule has 0 saturated heterocycles. The van der Waals surface area contributed by atoms with Crippen LogP contribution in [0, 0.1) is 5.82 Å². The van der Waals surface area contributed by atoms with Crippen LogP contribution in [-0.4, -0.2) is 56.2 Å². The molecule has 38 heavy (non-hydrogen) atoms. The van der Waals surface area contributed by atoms with Gasteiger partial charge in [-0.2, -0.15) is 0 Å². The maximum absolute atomic E-state index is 13.5. The molecule has 3 aromatic carbocycles. The van der Waals surface area contributed by atoms with Crippen LogP contribution in [0.5, 0.6) is 5.75 Å². The number of carbonyl (C=O) groups is 2. The number of carbonyl (C=O) groups excluding carboxylic acids is 2. The van der Waals surface area contributed by atoms with Crippen LogP contribution in [0.2, 0.25) is 0 Å². The molecule has 0 spiro atoms. The third kappa shape index (κ3) is 8.05. The number of nitrogens with one attached hydrogen (secondary N) is 2. The fourth-order valence-corrected chi connectivity index (χ4v) is 4.64. The van der Waals surface area contributed by atoms with Crippen LogP contribution in [0.3, 0.4) is 0 Å². The second-order valence-electron chi connectivity index (χ2n) is 9.50. The average Bonchev–Trinajstić information content (AvgIpc) is 2.91. The van der Waals surface area contributed by atoms with Crippen LogP contribution in [0.1, 0.15) is 29.8 Å². The minimum Gasteiger partial charge on any atom is -0.495 e. The first kappa shape index (κ1) is 29.2. The summed E-state index contributed by atoms with van der Waals surface area (Å²) in [6.45, 7) is 4.59. The quantitative estimate of drug-likeness (QED) is 0.309. The van der Waals surface area contributed by atoms with Crippen molar-refractivity contribution in [2.75, 3.05) is 33.2 Å². The molecule has 2 amide bonds. The van der Waals surface area contributed by atoms with Gasteiger partial charge in [0, 0.05) is 43.4 Å². The lowest BCUT2D eigenvalue weighted by Gasteiger charge is -2.28. The summed E-state index contributed by atoms with van der Waals surface area (Å²) in [4.78, 5) is 28.9. The van der Waals surface area contributed by atoms with Gasteiger partial charge >= 0.3 is 0 Å². The molecule has 0 radical (unpaired) electrons. The molecule has 3 aromatic rings. The van der Waals surface area contributed by atoms with Crippen LogP contribution >= 0.6 is 11.9 Å². The number of methoxy groups -OCH3 is 2. The molecule has 9 heteroatoms. The minimum atomic E-state index is -0.813. The Balaban J connectivity index is 1.81. The maximum Gasteiger partial charge on any atom is 0.254 e. The Morgan fingerprint density at radius 2 is 1.71 bits per heavy atom. The number of hydrogen-bond acceptors (Lipinski definition) is 6. The van der Waals surface area contributed by atoms with Gasteiger partial charge in [0.2, 0.25) is 5.91 Å². The lowest BCUT2D eigenvalue weighted by Crippen LogP contribution is -2.46. The van der Waals surface area contributed by atoms with Gasteiger partial charge in [-0.25, -0.2) is 4.39 Å². The molecular weight excluding hydrogens is 505 g/mol. The first-order valence-corrected chi connectivity index (χ1v) is 12.9. The van der Waals surface area contributed by atoms with Gasteiger partial charge in [-0.3, -0.25) is 14.3 Å². The zero-order valence-electron chi connectivity index (χ0n) is 22.3. The number of likely N-dealkylation sites (N-methyl/N-ethyl adjacent to an activating group) is 1. The van der Waals surface area contributed by atoms with E-state index in [1.807, 2.05) is 50.2 Å². The summed E-state index contributed by atoms with van der Waals surface area (Å²) in [6.07, 6.45) is 0.305. The monoisotopic (exact) mass is 539 g/mol. The summed E-state index contributed by atoms with van der Waals surface area (Å²) in [6, 6.07) is 19.3. The fraction of sp³-hybridized carbons (Fsp3) is 0.310. The summed E-state index contributed by atoms with van der Waals surface area (Å²) in [5.74, 6) is -0.580. The summed E-state index contributed by atoms with van der Waals surface area (Å²) in [5, 5.41) is 2.93. The Morgan fingerprint density at radius 1 is 1.03 bits per heavy atom. The average molecular weight is 540 g/mol. The highest BCUT2D eigenvalue weighted by Gasteiger charge is 2.28. The molecule has 0 bridgehead atoms. The standard InChI is InChI=1S/C29H34FN3O4S/c1-29(2,19-36-4)32-38-26-16-15-23(18-25(26)37-5)31-27(34)24(17-20-9-7-6-8-10-20)33(3)28(35)21-11-13-22(30)14-12-21/h6-16,18,24,32H,17,19H2,1-5H3,(H,31,34). The predicted molar refractivity (Wildman–Crippen MR) is 149 cm³/mol. The number of benzene rings is 3. The smallest absolute Gasteiger partial charge is 0.254 e. The van der Waals surface area contributed by atoms with Crippen LogP contribution < -0.4 is 14.8 Å². The van der Waals surface area contributed by atoms with Crippen molar-refractivity contribution in [2.45, 2.75) is 36.7 Å². The molecular formula is C29H34FN3O4S. The molecule has 2 N–H and O–H groups in total. The van der Waals surface area contributed by atoms with E-state index < -0.39 is 11.9 Å². The summed E-state index contributed by atoms with van der Waals surface area (Å²) >= 11 is 1.41. The van der Waals surface area contributed by atoms with Crippen molar-refractivity contribution in [2.24, 2.45) is 0 Å². The van der Waals surface area contributed by atoms with Gasteiger partial charge in [-0.1, -0.05) is 30.3 Å². The van der Waals surface area contributed by atoms with Gasteiger partial charge in [0.05, 0.1) is 18.6 Å². The Kier molecular flexibility index (Phi) is 10.3. The fourth-order valence-electron chi connectivity index (χ4n) is 3.82. The van der Waals surface area contributed by atoms with Crippen molar-refractivity contribution < 1.29 is 23.5 Å². The van der Waals surface area contributed by atoms with Gasteiger partial charge in [0.1, 0.15) is 17.6 Å². The van der Waals surface area contributed by atoms with Crippen LogP contribution in [0.4, 0.5) is 10.1 Å². The Morgan fingerprint density at radius 3 is 2.34 bits per heavy atom. The van der Waals surface area contributed by atoms with Crippen molar-refractivity contribution >= 4 is 29.4 Å². The van der Waals surface area contributed by atoms with E-state index in [0.29, 0.717) is 30.0 Å². The van der Waals surface area contributed by atoms with Crippen molar-refractivity contribution in [3.63, 3.8) is 0 Å². The number of rotatable bonds is 12. The molecule has 0 aliphatic rings. The molecule has 202 valence electrons. The van der Waals surface area contributed by atoms with Gasteiger partial charge in [-0.05, 0) is 67.8 Å². The number of hydrogen-bond donors (Lipinski definition) is 2. The first-order valence-electron chi connectivity index (χ1n) is 12.1. The number of amides is 2. The first-order chi connectivity index (χ1) is 18.1. The van der Waals surface area contributed by atoms with Crippen molar-refractivity contribution in [3.8, 4) is 5.75 Å². The zero-order valence-corrected chi connectivity index (χ0v) is 23.1. The molecule has 0 saturated carbocycles. The number of nitrogens with zero attached hydrogens (tertiary/aromatic N) is 1. The predicted octanol–water partition coefficient (Wildman–Crippen LogP) is 5.18. The summed E-state index contributed by atoms with van der Waals surface area (Å²) in [7, 11) is 4.80. The molecule has 7 nitrogen and oxygen atoms in total. The highest BCUT2D eigenvalue weighted by Crippen LogP contribution is 2.32. The van der Waals surface area contributed by atoms with Crippen LogP contribution in [0.15, 0.2) is 77.7 Å². The normalized spacial score (nSPS) is 12.1. The molecule has 3 rings (SSSR count). The van der Waals surface area contributed by atoms with Crippen LogP contribution in [-0.2, 0) is 16.0 Å². The SMILES string of the molecule is COCC(C)(C)NSc1ccc(NC(=O)C(Cc2ccccc2)N(C)C(=O)c2ccc(F)cc2)cc1OC. The second-order valence-corrected chi connectivity index (χ2v) is 10.4. The van der Waals surface area contributed by atoms with E-state index in [1.54, 1.807) is 33.4 Å². The molecule has 0 heterocycles. The van der Waals surface area contributed by atoms with E-state index in [4.69, 9.17) is 9.47 Å². The largest absolute Gasteiger partial charge is 0.495 e. The molecule has 0 aliphatic heterocycles. The van der Waals surface area contributed by atoms with E-state index in [-0.39, 0.29) is 17.4 Å². The van der Waals surface area contributed by atoms with Gasteiger partial charge in [0.25, 0.3) is 5.91 Å². The van der Waals surface area contributed by atoms with Gasteiger partial charge < -0.3 is 19.7 Å². The van der Waals surface area contributed by atoms with Crippen molar-refractivity contribution in [3.05, 3.63) is 89.7 Å². The maximum atomic E-state index is 13.5. The number of anilines is 1. The minimum absolute atomic E-state index is 0.260. The molecule has 0 aliphatic carbocycles. The Bertz CT molecular complexity index is 1220. The highest BCUT2D eigenvalue weighted by atomic mass is 32.2. The van der Waals surface area contributed by atoms with E-state index >= 15 is 0 Å². The Labute approximate surface area is 227 Å². The Hall–Kier alpha value is -3.40. The lowest BCUT2D eigenvalue weighted by atomic mass is 10.0. The van der Waals surface area contributed by atoms with Crippen molar-refractivity contribution in [1.29, 1.82) is 0 Å². The number of halogens is 1. The third-order valence-electron chi connectivity index (χ3n) is 5.83. The highest BCUT2D eigenvalue weighted by molar-refractivity contribution is 7.97. The van der Waals surface area contributed by atoms with E-state index in [2.05, 4.69) is 10.0 Å². The van der Waals surface area contributed by atoms with Gasteiger partial charge in [-0.15, -0.1) is 0 Å². The van der Waals surface area contributed by atoms with E-state index in [0.717, 1.165) is 10.5 Å². The lowest BCUT2D eigenvalue weighted by molar-refractivity contribution is -0.120. The molecule has 0 aromatic heterocycles. The zero-order chi connectivity index (χ0) is 27.7. The molecule has 1 unspecified atom stereocenters. The summed E-state index contributed by atoms with van der Waals surface area (Å²) in [5.41, 5.74) is 1.48. The van der Waals surface area contributed by atoms with Crippen molar-refractivity contribution in [1.82, 2.24) is 9.62 Å². The molecule has 1 atom stereocenters. The van der Waals surface area contributed by atoms with E-state index in [9.17, 15) is 14.0 Å². The number of ether oxygens (including phenoxy) is 2. The van der Waals surface area contributed by atoms with Gasteiger partial charge in [0.15, 0.2) is 0 Å². The van der Waals surface area contributed by atoms with E-state index in [1.165, 1.54) is 41.1 Å². The van der Waals surface area contributed by atoms with Crippen LogP contribution in [0.25, 0.3) is 0 Å². The topological polar surface area (TPSA) is 79.9 Å².